The van der Waals surface area contributed by atoms with Crippen LogP contribution in [0, 0.1) is 0 Å². The third kappa shape index (κ3) is 3.46. The number of methoxy groups -OCH3 is 2. The molecule has 0 saturated heterocycles. The molecule has 0 aliphatic rings. The average molecular weight is 252 g/mol. The van der Waals surface area contributed by atoms with Gasteiger partial charge < -0.3 is 20.5 Å². The predicted octanol–water partition coefficient (Wildman–Crippen LogP) is 0.630. The van der Waals surface area contributed by atoms with Crippen LogP contribution in [0.3, 0.4) is 0 Å². The molecule has 0 atom stereocenters. The fourth-order valence-corrected chi connectivity index (χ4v) is 1.42. The quantitative estimate of drug-likeness (QED) is 0.747. The maximum Gasteiger partial charge on any atom is 0.337 e. The minimum atomic E-state index is -0.517. The Morgan fingerprint density at radius 3 is 2.00 bits per heavy atom. The van der Waals surface area contributed by atoms with Crippen LogP contribution in [0.25, 0.3) is 0 Å². The third-order valence-corrected chi connectivity index (χ3v) is 2.25. The van der Waals surface area contributed by atoms with Crippen LogP contribution in [0.2, 0.25) is 0 Å². The number of nitrogens with two attached hydrogens (primary N) is 1. The summed E-state index contributed by atoms with van der Waals surface area (Å²) >= 11 is 0. The van der Waals surface area contributed by atoms with Crippen molar-refractivity contribution in [3.63, 3.8) is 0 Å². The number of ether oxygens (including phenoxy) is 2. The van der Waals surface area contributed by atoms with E-state index in [2.05, 4.69) is 14.8 Å². The Morgan fingerprint density at radius 2 is 1.61 bits per heavy atom. The molecule has 3 N–H and O–H groups in total. The van der Waals surface area contributed by atoms with Gasteiger partial charge in [0, 0.05) is 18.8 Å². The van der Waals surface area contributed by atoms with Crippen molar-refractivity contribution in [1.29, 1.82) is 0 Å². The first kappa shape index (κ1) is 14.0. The van der Waals surface area contributed by atoms with E-state index in [4.69, 9.17) is 5.73 Å². The van der Waals surface area contributed by atoms with Crippen LogP contribution < -0.4 is 11.1 Å². The standard InChI is InChI=1S/C12H16N2O4/c1-17-11(15)8-5-9(12(16)18-2)7-10(6-8)14-4-3-13/h5-7,14H,3-4,13H2,1-2H3. The number of anilines is 1. The van der Waals surface area contributed by atoms with E-state index >= 15 is 0 Å². The SMILES string of the molecule is COC(=O)c1cc(NCCN)cc(C(=O)OC)c1. The lowest BCUT2D eigenvalue weighted by molar-refractivity contribution is 0.0599. The first-order valence-corrected chi connectivity index (χ1v) is 5.38. The number of carbonyl (C=O) groups is 2. The van der Waals surface area contributed by atoms with Gasteiger partial charge >= 0.3 is 11.9 Å². The second kappa shape index (κ2) is 6.61. The molecular weight excluding hydrogens is 236 g/mol. The number of rotatable bonds is 5. The van der Waals surface area contributed by atoms with Crippen molar-refractivity contribution in [2.24, 2.45) is 5.73 Å². The summed E-state index contributed by atoms with van der Waals surface area (Å²) in [7, 11) is 2.56. The molecule has 6 nitrogen and oxygen atoms in total. The van der Waals surface area contributed by atoms with E-state index in [0.29, 0.717) is 18.8 Å². The van der Waals surface area contributed by atoms with Crippen LogP contribution in [-0.4, -0.2) is 39.2 Å². The van der Waals surface area contributed by atoms with Gasteiger partial charge in [0.25, 0.3) is 0 Å². The minimum Gasteiger partial charge on any atom is -0.465 e. The molecule has 6 heteroatoms. The van der Waals surface area contributed by atoms with Gasteiger partial charge in [-0.25, -0.2) is 9.59 Å². The highest BCUT2D eigenvalue weighted by Gasteiger charge is 2.13. The second-order valence-corrected chi connectivity index (χ2v) is 3.50. The summed E-state index contributed by atoms with van der Waals surface area (Å²) in [5, 5.41) is 2.99. The maximum atomic E-state index is 11.5. The molecule has 0 aliphatic carbocycles. The zero-order valence-corrected chi connectivity index (χ0v) is 10.4. The molecule has 1 rings (SSSR count). The van der Waals surface area contributed by atoms with Gasteiger partial charge in [0.15, 0.2) is 0 Å². The molecule has 0 aromatic heterocycles. The van der Waals surface area contributed by atoms with Crippen molar-refractivity contribution in [1.82, 2.24) is 0 Å². The molecule has 0 amide bonds. The van der Waals surface area contributed by atoms with Crippen LogP contribution in [-0.2, 0) is 9.47 Å². The van der Waals surface area contributed by atoms with Crippen molar-refractivity contribution in [2.75, 3.05) is 32.6 Å². The predicted molar refractivity (Wildman–Crippen MR) is 66.7 cm³/mol. The minimum absolute atomic E-state index is 0.278. The van der Waals surface area contributed by atoms with Crippen LogP contribution >= 0.6 is 0 Å². The smallest absolute Gasteiger partial charge is 0.337 e. The van der Waals surface area contributed by atoms with Gasteiger partial charge in [-0.05, 0) is 18.2 Å². The Bertz CT molecular complexity index is 411. The first-order chi connectivity index (χ1) is 8.62. The first-order valence-electron chi connectivity index (χ1n) is 5.38. The number of hydrogen-bond acceptors (Lipinski definition) is 6. The van der Waals surface area contributed by atoms with Crippen molar-refractivity contribution in [2.45, 2.75) is 0 Å². The number of nitrogens with one attached hydrogen (secondary N) is 1. The van der Waals surface area contributed by atoms with E-state index in [-0.39, 0.29) is 11.1 Å². The van der Waals surface area contributed by atoms with Crippen molar-refractivity contribution in [3.8, 4) is 0 Å². The summed E-state index contributed by atoms with van der Waals surface area (Å²) in [6, 6.07) is 4.60. The number of carbonyl (C=O) groups excluding carboxylic acids is 2. The fourth-order valence-electron chi connectivity index (χ4n) is 1.42. The van der Waals surface area contributed by atoms with E-state index in [0.717, 1.165) is 0 Å². The van der Waals surface area contributed by atoms with Crippen LogP contribution in [0.5, 0.6) is 0 Å². The molecule has 0 fully saturated rings. The average Bonchev–Trinajstić information content (AvgIpc) is 2.42. The number of benzene rings is 1. The Hall–Kier alpha value is -2.08. The molecule has 0 bridgehead atoms. The molecular formula is C12H16N2O4. The fraction of sp³-hybridized carbons (Fsp3) is 0.333. The van der Waals surface area contributed by atoms with Gasteiger partial charge in [-0.15, -0.1) is 0 Å². The highest BCUT2D eigenvalue weighted by Crippen LogP contribution is 2.16. The normalized spacial score (nSPS) is 9.72. The molecule has 1 aromatic carbocycles. The Morgan fingerprint density at radius 1 is 1.11 bits per heavy atom. The van der Waals surface area contributed by atoms with Crippen molar-refractivity contribution in [3.05, 3.63) is 29.3 Å². The van der Waals surface area contributed by atoms with Gasteiger partial charge in [-0.2, -0.15) is 0 Å². The molecule has 0 spiro atoms. The summed E-state index contributed by atoms with van der Waals surface area (Å²) < 4.78 is 9.24. The Balaban J connectivity index is 3.11. The largest absolute Gasteiger partial charge is 0.465 e. The molecule has 98 valence electrons. The van der Waals surface area contributed by atoms with Gasteiger partial charge in [-0.3, -0.25) is 0 Å². The molecule has 1 aromatic rings. The van der Waals surface area contributed by atoms with Crippen molar-refractivity contribution >= 4 is 17.6 Å². The Labute approximate surface area is 105 Å². The van der Waals surface area contributed by atoms with E-state index in [1.807, 2.05) is 0 Å². The molecule has 0 aliphatic heterocycles. The monoisotopic (exact) mass is 252 g/mol. The van der Waals surface area contributed by atoms with Gasteiger partial charge in [0.1, 0.15) is 0 Å². The second-order valence-electron chi connectivity index (χ2n) is 3.50. The molecule has 0 heterocycles. The summed E-state index contributed by atoms with van der Waals surface area (Å²) in [4.78, 5) is 23.0. The molecule has 0 unspecified atom stereocenters. The van der Waals surface area contributed by atoms with Gasteiger partial charge in [0.05, 0.1) is 25.3 Å². The summed E-state index contributed by atoms with van der Waals surface area (Å²) in [5.74, 6) is -1.03. The lowest BCUT2D eigenvalue weighted by atomic mass is 10.1. The van der Waals surface area contributed by atoms with Crippen LogP contribution in [0.4, 0.5) is 5.69 Å². The third-order valence-electron chi connectivity index (χ3n) is 2.25. The number of esters is 2. The Kier molecular flexibility index (Phi) is 5.13. The van der Waals surface area contributed by atoms with Gasteiger partial charge in [-0.1, -0.05) is 0 Å². The highest BCUT2D eigenvalue weighted by atomic mass is 16.5. The maximum absolute atomic E-state index is 11.5. The topological polar surface area (TPSA) is 90.6 Å². The number of hydrogen-bond donors (Lipinski definition) is 2. The van der Waals surface area contributed by atoms with Crippen molar-refractivity contribution < 1.29 is 19.1 Å². The summed E-state index contributed by atoms with van der Waals surface area (Å²) in [6.07, 6.45) is 0. The van der Waals surface area contributed by atoms with Crippen LogP contribution in [0.1, 0.15) is 20.7 Å². The van der Waals surface area contributed by atoms with E-state index in [9.17, 15) is 9.59 Å². The molecule has 0 saturated carbocycles. The summed E-state index contributed by atoms with van der Waals surface area (Å²) in [6.45, 7) is 0.973. The lowest BCUT2D eigenvalue weighted by Crippen LogP contribution is -2.14. The molecule has 0 radical (unpaired) electrons. The van der Waals surface area contributed by atoms with E-state index in [1.54, 1.807) is 12.1 Å². The van der Waals surface area contributed by atoms with E-state index < -0.39 is 11.9 Å². The zero-order chi connectivity index (χ0) is 13.5. The zero-order valence-electron chi connectivity index (χ0n) is 10.4. The van der Waals surface area contributed by atoms with Gasteiger partial charge in [0.2, 0.25) is 0 Å². The highest BCUT2D eigenvalue weighted by molar-refractivity contribution is 5.96. The summed E-state index contributed by atoms with van der Waals surface area (Å²) in [5.41, 5.74) is 6.55. The molecule has 18 heavy (non-hydrogen) atoms. The lowest BCUT2D eigenvalue weighted by Gasteiger charge is -2.09. The van der Waals surface area contributed by atoms with E-state index in [1.165, 1.54) is 20.3 Å². The van der Waals surface area contributed by atoms with Crippen LogP contribution in [0.15, 0.2) is 18.2 Å².